The molecule has 2 rings (SSSR count). The summed E-state index contributed by atoms with van der Waals surface area (Å²) in [7, 11) is 0. The van der Waals surface area contributed by atoms with Crippen molar-refractivity contribution >= 4 is 11.4 Å². The van der Waals surface area contributed by atoms with Gasteiger partial charge in [0, 0.05) is 12.6 Å². The molecule has 0 aromatic heterocycles. The molecule has 0 heterocycles. The highest BCUT2D eigenvalue weighted by atomic mass is 19.1. The lowest BCUT2D eigenvalue weighted by atomic mass is 9.79. The zero-order valence-electron chi connectivity index (χ0n) is 11.0. The minimum atomic E-state index is -0.826. The normalized spacial score (nSPS) is 27.3. The predicted octanol–water partition coefficient (Wildman–Crippen LogP) is 2.90. The Labute approximate surface area is 111 Å². The van der Waals surface area contributed by atoms with Crippen LogP contribution in [0.1, 0.15) is 32.6 Å². The number of hydrogen-bond acceptors (Lipinski definition) is 3. The highest BCUT2D eigenvalue weighted by Crippen LogP contribution is 2.33. The summed E-state index contributed by atoms with van der Waals surface area (Å²) in [5, 5.41) is 13.3. The summed E-state index contributed by atoms with van der Waals surface area (Å²) in [5.41, 5.74) is 4.81. The van der Waals surface area contributed by atoms with Crippen LogP contribution in [0.5, 0.6) is 0 Å². The number of anilines is 2. The van der Waals surface area contributed by atoms with Crippen LogP contribution >= 0.6 is 0 Å². The lowest BCUT2D eigenvalue weighted by molar-refractivity contribution is -0.000759. The van der Waals surface area contributed by atoms with Gasteiger partial charge in [0.15, 0.2) is 5.82 Å². The second-order valence-electron chi connectivity index (χ2n) is 5.63. The minimum absolute atomic E-state index is 0.117. The van der Waals surface area contributed by atoms with Crippen molar-refractivity contribution in [2.24, 2.45) is 5.92 Å². The largest absolute Gasteiger partial charge is 0.395 e. The van der Waals surface area contributed by atoms with Crippen LogP contribution in [0.4, 0.5) is 20.2 Å². The van der Waals surface area contributed by atoms with Crippen molar-refractivity contribution in [2.45, 2.75) is 38.2 Å². The summed E-state index contributed by atoms with van der Waals surface area (Å²) in [4.78, 5) is 0. The first-order valence-electron chi connectivity index (χ1n) is 6.60. The molecular formula is C14H20F2N2O. The van der Waals surface area contributed by atoms with E-state index in [4.69, 9.17) is 5.73 Å². The number of aliphatic hydroxyl groups is 1. The van der Waals surface area contributed by atoms with Crippen molar-refractivity contribution in [1.29, 1.82) is 0 Å². The van der Waals surface area contributed by atoms with Crippen molar-refractivity contribution in [3.8, 4) is 0 Å². The van der Waals surface area contributed by atoms with Crippen LogP contribution in [-0.2, 0) is 0 Å². The Morgan fingerprint density at radius 2 is 2.21 bits per heavy atom. The van der Waals surface area contributed by atoms with Crippen LogP contribution < -0.4 is 11.1 Å². The first-order valence-corrected chi connectivity index (χ1v) is 6.60. The molecule has 0 spiro atoms. The lowest BCUT2D eigenvalue weighted by Crippen LogP contribution is -2.41. The zero-order valence-corrected chi connectivity index (χ0v) is 11.0. The Morgan fingerprint density at radius 3 is 2.89 bits per heavy atom. The first kappa shape index (κ1) is 14.1. The van der Waals surface area contributed by atoms with E-state index in [2.05, 4.69) is 12.2 Å². The van der Waals surface area contributed by atoms with Gasteiger partial charge in [-0.2, -0.15) is 0 Å². The molecule has 0 saturated heterocycles. The molecule has 0 amide bonds. The second-order valence-corrected chi connectivity index (χ2v) is 5.63. The van der Waals surface area contributed by atoms with Gasteiger partial charge in [-0.3, -0.25) is 0 Å². The Kier molecular flexibility index (Phi) is 3.94. The molecule has 3 nitrogen and oxygen atoms in total. The van der Waals surface area contributed by atoms with Crippen molar-refractivity contribution in [3.05, 3.63) is 23.8 Å². The molecule has 0 aliphatic heterocycles. The Hall–Kier alpha value is -1.36. The van der Waals surface area contributed by atoms with E-state index in [9.17, 15) is 13.9 Å². The van der Waals surface area contributed by atoms with Gasteiger partial charge in [0.2, 0.25) is 0 Å². The van der Waals surface area contributed by atoms with E-state index in [1.807, 2.05) is 0 Å². The van der Waals surface area contributed by atoms with Gasteiger partial charge in [-0.1, -0.05) is 19.8 Å². The van der Waals surface area contributed by atoms with E-state index in [-0.39, 0.29) is 17.9 Å². The molecule has 2 unspecified atom stereocenters. The van der Waals surface area contributed by atoms with Crippen molar-refractivity contribution in [2.75, 3.05) is 17.6 Å². The molecule has 1 aliphatic carbocycles. The van der Waals surface area contributed by atoms with Gasteiger partial charge in [-0.05, 0) is 24.8 Å². The van der Waals surface area contributed by atoms with E-state index in [1.165, 1.54) is 0 Å². The number of nitrogens with one attached hydrogen (secondary N) is 1. The maximum atomic E-state index is 13.3. The second kappa shape index (κ2) is 5.33. The fourth-order valence-electron chi connectivity index (χ4n) is 2.78. The van der Waals surface area contributed by atoms with Crippen LogP contribution in [0.25, 0.3) is 0 Å². The van der Waals surface area contributed by atoms with Gasteiger partial charge >= 0.3 is 0 Å². The number of hydrogen-bond donors (Lipinski definition) is 3. The molecule has 5 heteroatoms. The summed E-state index contributed by atoms with van der Waals surface area (Å²) in [6.07, 6.45) is 3.46. The number of nitrogens with two attached hydrogens (primary N) is 1. The van der Waals surface area contributed by atoms with E-state index in [0.29, 0.717) is 18.8 Å². The maximum absolute atomic E-state index is 13.3. The smallest absolute Gasteiger partial charge is 0.151 e. The molecule has 1 aromatic carbocycles. The van der Waals surface area contributed by atoms with Gasteiger partial charge in [0.25, 0.3) is 0 Å². The van der Waals surface area contributed by atoms with Crippen LogP contribution in [-0.4, -0.2) is 17.3 Å². The molecule has 1 aromatic rings. The standard InChI is InChI=1S/C14H20F2N2O/c1-9-3-2-4-14(19,7-9)8-18-12-6-10(15)5-11(16)13(12)17/h5-6,9,18-19H,2-4,7-8,17H2,1H3. The fourth-order valence-corrected chi connectivity index (χ4v) is 2.78. The van der Waals surface area contributed by atoms with Gasteiger partial charge in [-0.25, -0.2) is 8.78 Å². The number of nitrogen functional groups attached to an aromatic ring is 1. The summed E-state index contributed by atoms with van der Waals surface area (Å²) in [6, 6.07) is 1.89. The van der Waals surface area contributed by atoms with Gasteiger partial charge in [0.05, 0.1) is 17.0 Å². The highest BCUT2D eigenvalue weighted by molar-refractivity contribution is 5.66. The average Bonchev–Trinajstić information content (AvgIpc) is 2.31. The molecule has 1 fully saturated rings. The third-order valence-corrected chi connectivity index (χ3v) is 3.77. The summed E-state index contributed by atoms with van der Waals surface area (Å²) in [5.74, 6) is -1.01. The number of rotatable bonds is 3. The fraction of sp³-hybridized carbons (Fsp3) is 0.571. The third kappa shape index (κ3) is 3.35. The summed E-state index contributed by atoms with van der Waals surface area (Å²) < 4.78 is 26.4. The molecule has 0 radical (unpaired) electrons. The average molecular weight is 270 g/mol. The zero-order chi connectivity index (χ0) is 14.0. The van der Waals surface area contributed by atoms with Gasteiger partial charge in [-0.15, -0.1) is 0 Å². The Bertz CT molecular complexity index is 467. The summed E-state index contributed by atoms with van der Waals surface area (Å²) >= 11 is 0. The lowest BCUT2D eigenvalue weighted by Gasteiger charge is -2.36. The Morgan fingerprint density at radius 1 is 1.47 bits per heavy atom. The van der Waals surface area contributed by atoms with Gasteiger partial charge < -0.3 is 16.2 Å². The molecule has 2 atom stereocenters. The maximum Gasteiger partial charge on any atom is 0.151 e. The van der Waals surface area contributed by atoms with E-state index in [1.54, 1.807) is 0 Å². The van der Waals surface area contributed by atoms with Crippen molar-refractivity contribution < 1.29 is 13.9 Å². The Balaban J connectivity index is 2.06. The molecule has 0 bridgehead atoms. The van der Waals surface area contributed by atoms with Crippen molar-refractivity contribution in [3.63, 3.8) is 0 Å². The van der Waals surface area contributed by atoms with E-state index >= 15 is 0 Å². The van der Waals surface area contributed by atoms with Crippen LogP contribution in [0, 0.1) is 17.6 Å². The van der Waals surface area contributed by atoms with E-state index < -0.39 is 17.2 Å². The quantitative estimate of drug-likeness (QED) is 0.740. The monoisotopic (exact) mass is 270 g/mol. The first-order chi connectivity index (χ1) is 8.89. The SMILES string of the molecule is CC1CCCC(O)(CNc2cc(F)cc(F)c2N)C1. The van der Waals surface area contributed by atoms with Crippen LogP contribution in [0.15, 0.2) is 12.1 Å². The van der Waals surface area contributed by atoms with Gasteiger partial charge in [0.1, 0.15) is 5.82 Å². The predicted molar refractivity (Wildman–Crippen MR) is 71.8 cm³/mol. The van der Waals surface area contributed by atoms with Crippen LogP contribution in [0.2, 0.25) is 0 Å². The highest BCUT2D eigenvalue weighted by Gasteiger charge is 2.32. The molecule has 4 N–H and O–H groups in total. The molecule has 19 heavy (non-hydrogen) atoms. The molecule has 1 aliphatic rings. The minimum Gasteiger partial charge on any atom is -0.395 e. The molecule has 106 valence electrons. The van der Waals surface area contributed by atoms with Crippen molar-refractivity contribution in [1.82, 2.24) is 0 Å². The number of benzene rings is 1. The topological polar surface area (TPSA) is 58.3 Å². The van der Waals surface area contributed by atoms with Crippen LogP contribution in [0.3, 0.4) is 0 Å². The number of halogens is 2. The van der Waals surface area contributed by atoms with E-state index in [0.717, 1.165) is 25.0 Å². The third-order valence-electron chi connectivity index (χ3n) is 3.77. The molecule has 1 saturated carbocycles. The summed E-state index contributed by atoms with van der Waals surface area (Å²) in [6.45, 7) is 2.35. The molecular weight excluding hydrogens is 250 g/mol.